The molecule has 0 aliphatic carbocycles. The van der Waals surface area contributed by atoms with Gasteiger partial charge in [0.1, 0.15) is 17.7 Å². The van der Waals surface area contributed by atoms with E-state index in [4.69, 9.17) is 4.74 Å². The second-order valence-corrected chi connectivity index (χ2v) is 8.06. The minimum Gasteiger partial charge on any atom is -0.483 e. The predicted octanol–water partition coefficient (Wildman–Crippen LogP) is 3.05. The van der Waals surface area contributed by atoms with Gasteiger partial charge in [0.25, 0.3) is 11.2 Å². The number of pyridine rings is 1. The highest BCUT2D eigenvalue weighted by Crippen LogP contribution is 2.40. The third-order valence-electron chi connectivity index (χ3n) is 5.70. The smallest absolute Gasteiger partial charge is 0.277 e. The molecule has 160 valence electrons. The molecule has 3 heterocycles. The Morgan fingerprint density at radius 1 is 1.19 bits per heavy atom. The van der Waals surface area contributed by atoms with Gasteiger partial charge in [0.05, 0.1) is 22.5 Å². The van der Waals surface area contributed by atoms with Crippen LogP contribution < -0.4 is 10.3 Å². The molecule has 0 saturated carbocycles. The first-order valence-electron chi connectivity index (χ1n) is 10.1. The molecule has 0 saturated heterocycles. The standard InChI is InChI=1S/C23H19N5O4/c1-25(2)12-16-13-26-19-6-4-3-5-17(19)20-21(26)22(32-16)18(11-24)23(29)27(20)14-7-9-15(10-8-14)28(30)31/h3-10,16H,12-13H2,1-2H3. The lowest BCUT2D eigenvalue weighted by atomic mass is 10.1. The summed E-state index contributed by atoms with van der Waals surface area (Å²) in [5.74, 6) is 0.292. The molecular formula is C23H19N5O4. The van der Waals surface area contributed by atoms with Crippen LogP contribution in [-0.4, -0.2) is 45.7 Å². The molecule has 1 aliphatic rings. The molecule has 1 atom stereocenters. The molecule has 32 heavy (non-hydrogen) atoms. The Bertz CT molecular complexity index is 1490. The Hall–Kier alpha value is -4.16. The number of non-ortho nitro benzene ring substituents is 1. The number of nitrogens with zero attached hydrogens (tertiary/aromatic N) is 5. The van der Waals surface area contributed by atoms with E-state index in [2.05, 4.69) is 4.57 Å². The Morgan fingerprint density at radius 3 is 2.56 bits per heavy atom. The van der Waals surface area contributed by atoms with E-state index in [1.807, 2.05) is 49.3 Å². The molecule has 1 unspecified atom stereocenters. The van der Waals surface area contributed by atoms with Crippen LogP contribution in [0.4, 0.5) is 5.69 Å². The van der Waals surface area contributed by atoms with Crippen LogP contribution >= 0.6 is 0 Å². The zero-order chi connectivity index (χ0) is 22.6. The van der Waals surface area contributed by atoms with Crippen LogP contribution in [0.3, 0.4) is 0 Å². The van der Waals surface area contributed by atoms with Crippen LogP contribution in [0.15, 0.2) is 53.3 Å². The van der Waals surface area contributed by atoms with Crippen molar-refractivity contribution >= 4 is 27.6 Å². The second-order valence-electron chi connectivity index (χ2n) is 8.06. The van der Waals surface area contributed by atoms with E-state index in [1.165, 1.54) is 28.8 Å². The minimum atomic E-state index is -0.516. The zero-order valence-electron chi connectivity index (χ0n) is 17.5. The van der Waals surface area contributed by atoms with Gasteiger partial charge in [-0.3, -0.25) is 19.5 Å². The molecule has 0 bridgehead atoms. The third-order valence-corrected chi connectivity index (χ3v) is 5.70. The summed E-state index contributed by atoms with van der Waals surface area (Å²) in [5, 5.41) is 21.8. The van der Waals surface area contributed by atoms with Crippen LogP contribution in [0.1, 0.15) is 5.56 Å². The van der Waals surface area contributed by atoms with Crippen molar-refractivity contribution in [3.05, 3.63) is 74.6 Å². The van der Waals surface area contributed by atoms with Crippen molar-refractivity contribution in [1.82, 2.24) is 14.0 Å². The predicted molar refractivity (Wildman–Crippen MR) is 119 cm³/mol. The van der Waals surface area contributed by atoms with E-state index >= 15 is 0 Å². The highest BCUT2D eigenvalue weighted by molar-refractivity contribution is 6.09. The molecule has 1 aliphatic heterocycles. The van der Waals surface area contributed by atoms with E-state index < -0.39 is 10.5 Å². The highest BCUT2D eigenvalue weighted by atomic mass is 16.6. The van der Waals surface area contributed by atoms with Gasteiger partial charge in [0.2, 0.25) is 0 Å². The number of ether oxygens (including phenoxy) is 1. The lowest BCUT2D eigenvalue weighted by molar-refractivity contribution is -0.384. The molecule has 2 aromatic heterocycles. The fourth-order valence-electron chi connectivity index (χ4n) is 4.45. The van der Waals surface area contributed by atoms with Crippen LogP contribution in [0.25, 0.3) is 27.6 Å². The van der Waals surface area contributed by atoms with Crippen LogP contribution in [0, 0.1) is 21.4 Å². The minimum absolute atomic E-state index is 0.0754. The number of aromatic nitrogens is 2. The molecule has 0 radical (unpaired) electrons. The van der Waals surface area contributed by atoms with Gasteiger partial charge in [-0.25, -0.2) is 0 Å². The van der Waals surface area contributed by atoms with Gasteiger partial charge in [0.15, 0.2) is 11.3 Å². The molecule has 0 spiro atoms. The van der Waals surface area contributed by atoms with Crippen molar-refractivity contribution in [2.45, 2.75) is 12.6 Å². The first-order valence-corrected chi connectivity index (χ1v) is 10.1. The maximum absolute atomic E-state index is 13.5. The maximum Gasteiger partial charge on any atom is 0.277 e. The lowest BCUT2D eigenvalue weighted by Gasteiger charge is -2.29. The Kier molecular flexibility index (Phi) is 4.46. The summed E-state index contributed by atoms with van der Waals surface area (Å²) >= 11 is 0. The number of fused-ring (bicyclic) bond motifs is 3. The van der Waals surface area contributed by atoms with Crippen molar-refractivity contribution in [2.75, 3.05) is 20.6 Å². The Morgan fingerprint density at radius 2 is 1.91 bits per heavy atom. The van der Waals surface area contributed by atoms with E-state index in [-0.39, 0.29) is 17.4 Å². The summed E-state index contributed by atoms with van der Waals surface area (Å²) in [6, 6.07) is 15.5. The number of nitro benzene ring substituents is 1. The summed E-state index contributed by atoms with van der Waals surface area (Å²) in [6.45, 7) is 1.20. The number of benzene rings is 2. The average Bonchev–Trinajstić information content (AvgIpc) is 3.09. The van der Waals surface area contributed by atoms with Gasteiger partial charge in [0, 0.05) is 29.8 Å². The van der Waals surface area contributed by atoms with E-state index in [1.54, 1.807) is 0 Å². The van der Waals surface area contributed by atoms with Crippen molar-refractivity contribution < 1.29 is 9.66 Å². The van der Waals surface area contributed by atoms with Gasteiger partial charge >= 0.3 is 0 Å². The average molecular weight is 429 g/mol. The van der Waals surface area contributed by atoms with Gasteiger partial charge in [-0.1, -0.05) is 18.2 Å². The fourth-order valence-corrected chi connectivity index (χ4v) is 4.45. The SMILES string of the molecule is CN(C)CC1Cn2c3ccccc3c3c2c(c(C#N)c(=O)n3-c2ccc([N+](=O)[O-])cc2)O1. The number of nitro groups is 1. The lowest BCUT2D eigenvalue weighted by Crippen LogP contribution is -2.38. The molecule has 0 fully saturated rings. The molecule has 9 nitrogen and oxygen atoms in total. The highest BCUT2D eigenvalue weighted by Gasteiger charge is 2.31. The summed E-state index contributed by atoms with van der Waals surface area (Å²) in [6.07, 6.45) is -0.224. The zero-order valence-corrected chi connectivity index (χ0v) is 17.5. The summed E-state index contributed by atoms with van der Waals surface area (Å²) < 4.78 is 9.75. The first-order chi connectivity index (χ1) is 15.4. The number of hydrogen-bond donors (Lipinski definition) is 0. The number of hydrogen-bond acceptors (Lipinski definition) is 6. The van der Waals surface area contributed by atoms with Crippen LogP contribution in [0.2, 0.25) is 0 Å². The summed E-state index contributed by atoms with van der Waals surface area (Å²) in [4.78, 5) is 26.1. The van der Waals surface area contributed by atoms with E-state index in [0.29, 0.717) is 35.6 Å². The van der Waals surface area contributed by atoms with Gasteiger partial charge < -0.3 is 14.2 Å². The topological polar surface area (TPSA) is 106 Å². The summed E-state index contributed by atoms with van der Waals surface area (Å²) in [5.41, 5.74) is 2.00. The molecule has 9 heteroatoms. The number of nitriles is 1. The molecular weight excluding hydrogens is 410 g/mol. The van der Waals surface area contributed by atoms with Crippen molar-refractivity contribution in [2.24, 2.45) is 0 Å². The van der Waals surface area contributed by atoms with Crippen molar-refractivity contribution in [3.8, 4) is 17.5 Å². The number of likely N-dealkylation sites (N-methyl/N-ethyl adjacent to an activating group) is 1. The van der Waals surface area contributed by atoms with Gasteiger partial charge in [-0.2, -0.15) is 5.26 Å². The van der Waals surface area contributed by atoms with Gasteiger partial charge in [-0.05, 0) is 32.3 Å². The van der Waals surface area contributed by atoms with Crippen molar-refractivity contribution in [1.29, 1.82) is 5.26 Å². The Balaban J connectivity index is 1.89. The van der Waals surface area contributed by atoms with Crippen LogP contribution in [0.5, 0.6) is 5.75 Å². The second kappa shape index (κ2) is 7.21. The molecule has 0 amide bonds. The normalized spacial score (nSPS) is 15.1. The Labute approximate surface area is 182 Å². The maximum atomic E-state index is 13.5. The van der Waals surface area contributed by atoms with Gasteiger partial charge in [-0.15, -0.1) is 0 Å². The number of para-hydroxylation sites is 1. The largest absolute Gasteiger partial charge is 0.483 e. The first kappa shape index (κ1) is 19.8. The van der Waals surface area contributed by atoms with E-state index in [9.17, 15) is 20.2 Å². The molecule has 4 aromatic rings. The molecule has 5 rings (SSSR count). The van der Waals surface area contributed by atoms with Crippen LogP contribution in [-0.2, 0) is 6.54 Å². The van der Waals surface area contributed by atoms with Crippen molar-refractivity contribution in [3.63, 3.8) is 0 Å². The summed E-state index contributed by atoms with van der Waals surface area (Å²) in [7, 11) is 3.89. The monoisotopic (exact) mass is 429 g/mol. The number of rotatable bonds is 4. The third kappa shape index (κ3) is 2.85. The molecule has 0 N–H and O–H groups in total. The molecule has 2 aromatic carbocycles. The fraction of sp³-hybridized carbons (Fsp3) is 0.217. The van der Waals surface area contributed by atoms with E-state index in [0.717, 1.165) is 10.9 Å². The quantitative estimate of drug-likeness (QED) is 0.365.